The van der Waals surface area contributed by atoms with E-state index in [1.807, 2.05) is 13.0 Å². The molecule has 1 amide bonds. The van der Waals surface area contributed by atoms with Gasteiger partial charge in [-0.2, -0.15) is 0 Å². The average Bonchev–Trinajstić information content (AvgIpc) is 3.22. The molecule has 5 heteroatoms. The number of amides is 1. The molecule has 0 aromatic carbocycles. The highest BCUT2D eigenvalue weighted by atomic mass is 16.6. The van der Waals surface area contributed by atoms with Crippen molar-refractivity contribution in [3.63, 3.8) is 0 Å². The second kappa shape index (κ2) is 9.50. The van der Waals surface area contributed by atoms with Crippen LogP contribution in [0.5, 0.6) is 0 Å². The molecule has 0 aromatic heterocycles. The van der Waals surface area contributed by atoms with Crippen molar-refractivity contribution in [1.29, 1.82) is 0 Å². The molecular formula is C19H30N2O3. The molecule has 0 bridgehead atoms. The zero-order chi connectivity index (χ0) is 17.4. The summed E-state index contributed by atoms with van der Waals surface area (Å²) >= 11 is 0. The van der Waals surface area contributed by atoms with Gasteiger partial charge in [-0.05, 0) is 37.8 Å². The van der Waals surface area contributed by atoms with Crippen LogP contribution >= 0.6 is 0 Å². The number of allylic oxidation sites excluding steroid dienone is 1. The summed E-state index contributed by atoms with van der Waals surface area (Å²) in [4.78, 5) is 28.1. The number of carbonyl (C=O) groups is 2. The third-order valence-electron chi connectivity index (χ3n) is 4.58. The summed E-state index contributed by atoms with van der Waals surface area (Å²) in [5.74, 6) is 0.173. The zero-order valence-corrected chi connectivity index (χ0v) is 15.1. The van der Waals surface area contributed by atoms with E-state index in [2.05, 4.69) is 11.8 Å². The second-order valence-corrected chi connectivity index (χ2v) is 6.48. The Bertz CT molecular complexity index is 505. The molecule has 1 saturated heterocycles. The molecule has 0 aromatic rings. The van der Waals surface area contributed by atoms with Crippen molar-refractivity contribution < 1.29 is 14.3 Å². The van der Waals surface area contributed by atoms with Gasteiger partial charge in [0.1, 0.15) is 0 Å². The highest BCUT2D eigenvalue weighted by molar-refractivity contribution is 5.90. The lowest BCUT2D eigenvalue weighted by Gasteiger charge is -2.21. The first-order chi connectivity index (χ1) is 11.7. The molecule has 0 unspecified atom stereocenters. The molecular weight excluding hydrogens is 304 g/mol. The number of likely N-dealkylation sites (tertiary alicyclic amines) is 1. The lowest BCUT2D eigenvalue weighted by molar-refractivity contribution is -0.114. The largest absolute Gasteiger partial charge is 0.450 e. The fraction of sp³-hybridized carbons (Fsp3) is 0.684. The number of carbonyl (C=O) groups excluding carboxylic acids is 2. The Hall–Kier alpha value is -1.78. The first-order valence-corrected chi connectivity index (χ1v) is 9.25. The van der Waals surface area contributed by atoms with Crippen LogP contribution in [-0.4, -0.2) is 54.5 Å². The summed E-state index contributed by atoms with van der Waals surface area (Å²) in [7, 11) is 0. The number of rotatable bonds is 8. The molecule has 2 aliphatic heterocycles. The van der Waals surface area contributed by atoms with Gasteiger partial charge < -0.3 is 9.64 Å². The van der Waals surface area contributed by atoms with Crippen molar-refractivity contribution in [2.45, 2.75) is 52.4 Å². The van der Waals surface area contributed by atoms with Crippen molar-refractivity contribution in [2.24, 2.45) is 0 Å². The second-order valence-electron chi connectivity index (χ2n) is 6.48. The maximum atomic E-state index is 12.0. The van der Waals surface area contributed by atoms with Crippen molar-refractivity contribution >= 4 is 11.9 Å². The van der Waals surface area contributed by atoms with Gasteiger partial charge in [0, 0.05) is 25.2 Å². The van der Waals surface area contributed by atoms with Crippen LogP contribution in [-0.2, 0) is 9.53 Å². The van der Waals surface area contributed by atoms with Gasteiger partial charge in [0.2, 0.25) is 0 Å². The lowest BCUT2D eigenvalue weighted by Crippen LogP contribution is -2.32. The standard InChI is InChI=1S/C19H30N2O3/c1-3-5-6-9-17(22)11-10-16-14-21(19(23)24-4-2)15-18(16)20-12-7-8-13-20/h10-11H,3-9,12-15H2,1-2H3. The smallest absolute Gasteiger partial charge is 0.410 e. The van der Waals surface area contributed by atoms with Crippen LogP contribution < -0.4 is 0 Å². The van der Waals surface area contributed by atoms with Crippen molar-refractivity contribution in [3.05, 3.63) is 23.4 Å². The average molecular weight is 334 g/mol. The van der Waals surface area contributed by atoms with E-state index in [0.717, 1.165) is 37.9 Å². The minimum atomic E-state index is -0.271. The topological polar surface area (TPSA) is 49.9 Å². The molecule has 0 N–H and O–H groups in total. The highest BCUT2D eigenvalue weighted by Crippen LogP contribution is 2.26. The summed E-state index contributed by atoms with van der Waals surface area (Å²) in [6, 6.07) is 0. The van der Waals surface area contributed by atoms with Gasteiger partial charge in [0.05, 0.1) is 19.7 Å². The van der Waals surface area contributed by atoms with Crippen LogP contribution in [0.4, 0.5) is 4.79 Å². The first kappa shape index (κ1) is 18.6. The lowest BCUT2D eigenvalue weighted by atomic mass is 10.1. The third kappa shape index (κ3) is 5.11. The quantitative estimate of drug-likeness (QED) is 0.503. The van der Waals surface area contributed by atoms with Crippen molar-refractivity contribution in [1.82, 2.24) is 9.80 Å². The Morgan fingerprint density at radius 2 is 1.88 bits per heavy atom. The maximum Gasteiger partial charge on any atom is 0.410 e. The highest BCUT2D eigenvalue weighted by Gasteiger charge is 2.29. The van der Waals surface area contributed by atoms with E-state index in [1.165, 1.54) is 18.5 Å². The fourth-order valence-electron chi connectivity index (χ4n) is 3.24. The molecule has 24 heavy (non-hydrogen) atoms. The minimum absolute atomic E-state index is 0.173. The summed E-state index contributed by atoms with van der Waals surface area (Å²) in [6.07, 6.45) is 9.49. The molecule has 2 rings (SSSR count). The van der Waals surface area contributed by atoms with Gasteiger partial charge in [0.25, 0.3) is 0 Å². The van der Waals surface area contributed by atoms with E-state index in [9.17, 15) is 9.59 Å². The molecule has 0 spiro atoms. The number of unbranched alkanes of at least 4 members (excludes halogenated alkanes) is 2. The van der Waals surface area contributed by atoms with E-state index >= 15 is 0 Å². The number of nitrogens with zero attached hydrogens (tertiary/aromatic N) is 2. The molecule has 5 nitrogen and oxygen atoms in total. The predicted molar refractivity (Wildman–Crippen MR) is 94.7 cm³/mol. The van der Waals surface area contributed by atoms with E-state index in [-0.39, 0.29) is 11.9 Å². The first-order valence-electron chi connectivity index (χ1n) is 9.25. The Kier molecular flexibility index (Phi) is 7.35. The van der Waals surface area contributed by atoms with Gasteiger partial charge in [-0.25, -0.2) is 4.79 Å². The Balaban J connectivity index is 2.02. The van der Waals surface area contributed by atoms with Crippen LogP contribution in [0.3, 0.4) is 0 Å². The molecule has 2 heterocycles. The van der Waals surface area contributed by atoms with Crippen LogP contribution in [0.1, 0.15) is 52.4 Å². The van der Waals surface area contributed by atoms with Crippen molar-refractivity contribution in [3.8, 4) is 0 Å². The molecule has 134 valence electrons. The normalized spacial score (nSPS) is 18.1. The van der Waals surface area contributed by atoms with E-state index in [1.54, 1.807) is 11.0 Å². The molecule has 0 aliphatic carbocycles. The summed E-state index contributed by atoms with van der Waals surface area (Å²) in [6.45, 7) is 7.53. The predicted octanol–water partition coefficient (Wildman–Crippen LogP) is 3.51. The monoisotopic (exact) mass is 334 g/mol. The third-order valence-corrected chi connectivity index (χ3v) is 4.58. The minimum Gasteiger partial charge on any atom is -0.450 e. The zero-order valence-electron chi connectivity index (χ0n) is 15.1. The summed E-state index contributed by atoms with van der Waals surface area (Å²) in [5, 5.41) is 0. The maximum absolute atomic E-state index is 12.0. The van der Waals surface area contributed by atoms with Gasteiger partial charge in [0.15, 0.2) is 5.78 Å². The molecule has 1 fully saturated rings. The van der Waals surface area contributed by atoms with Crippen LogP contribution in [0.25, 0.3) is 0 Å². The molecule has 0 radical (unpaired) electrons. The fourth-order valence-corrected chi connectivity index (χ4v) is 3.24. The van der Waals surface area contributed by atoms with E-state index < -0.39 is 0 Å². The van der Waals surface area contributed by atoms with Crippen LogP contribution in [0.15, 0.2) is 23.4 Å². The SMILES string of the molecule is CCCCCC(=O)C=CC1=C(N2CCCC2)CN(C(=O)OCC)C1. The van der Waals surface area contributed by atoms with Gasteiger partial charge >= 0.3 is 6.09 Å². The van der Waals surface area contributed by atoms with Crippen LogP contribution in [0.2, 0.25) is 0 Å². The van der Waals surface area contributed by atoms with E-state index in [4.69, 9.17) is 4.74 Å². The molecule has 2 aliphatic rings. The van der Waals surface area contributed by atoms with Crippen molar-refractivity contribution in [2.75, 3.05) is 32.8 Å². The van der Waals surface area contributed by atoms with Crippen LogP contribution in [0, 0.1) is 0 Å². The number of ether oxygens (including phenoxy) is 1. The summed E-state index contributed by atoms with van der Waals surface area (Å²) in [5.41, 5.74) is 2.26. The number of ketones is 1. The Labute approximate surface area is 145 Å². The summed E-state index contributed by atoms with van der Waals surface area (Å²) < 4.78 is 5.13. The molecule has 0 saturated carbocycles. The molecule has 0 atom stereocenters. The van der Waals surface area contributed by atoms with Gasteiger partial charge in [-0.1, -0.05) is 25.8 Å². The Morgan fingerprint density at radius 1 is 1.12 bits per heavy atom. The Morgan fingerprint density at radius 3 is 2.54 bits per heavy atom. The van der Waals surface area contributed by atoms with Gasteiger partial charge in [-0.15, -0.1) is 0 Å². The van der Waals surface area contributed by atoms with E-state index in [0.29, 0.717) is 26.1 Å². The van der Waals surface area contributed by atoms with Gasteiger partial charge in [-0.3, -0.25) is 9.69 Å². The number of hydrogen-bond donors (Lipinski definition) is 0. The number of hydrogen-bond acceptors (Lipinski definition) is 4.